The molecule has 0 aromatic rings. The van der Waals surface area contributed by atoms with Crippen molar-refractivity contribution in [3.05, 3.63) is 0 Å². The van der Waals surface area contributed by atoms with Gasteiger partial charge in [0.1, 0.15) is 0 Å². The maximum atomic E-state index is 4.32. The molecule has 1 rings (SSSR count). The molecule has 0 aromatic carbocycles. The fourth-order valence-corrected chi connectivity index (χ4v) is 3.24. The van der Waals surface area contributed by atoms with Gasteiger partial charge in [-0.05, 0) is 60.0 Å². The minimum absolute atomic E-state index is 0. The van der Waals surface area contributed by atoms with Crippen LogP contribution in [-0.4, -0.2) is 74.7 Å². The number of likely N-dealkylation sites (tertiary alicyclic amines) is 1. The van der Waals surface area contributed by atoms with Crippen molar-refractivity contribution in [2.75, 3.05) is 46.8 Å². The van der Waals surface area contributed by atoms with Crippen molar-refractivity contribution >= 4 is 29.9 Å². The molecule has 6 heteroatoms. The second-order valence-electron chi connectivity index (χ2n) is 7.08. The van der Waals surface area contributed by atoms with Gasteiger partial charge in [-0.25, -0.2) is 0 Å². The van der Waals surface area contributed by atoms with Gasteiger partial charge in [0, 0.05) is 45.3 Å². The Morgan fingerprint density at radius 1 is 1.22 bits per heavy atom. The molecule has 1 fully saturated rings. The Kier molecular flexibility index (Phi) is 12.3. The van der Waals surface area contributed by atoms with Crippen molar-refractivity contribution in [2.24, 2.45) is 10.9 Å². The lowest BCUT2D eigenvalue weighted by Crippen LogP contribution is -2.42. The monoisotopic (exact) mass is 439 g/mol. The van der Waals surface area contributed by atoms with Crippen LogP contribution in [0.15, 0.2) is 4.99 Å². The number of hydrogen-bond acceptors (Lipinski definition) is 3. The smallest absolute Gasteiger partial charge is 0.190 e. The van der Waals surface area contributed by atoms with Crippen LogP contribution in [-0.2, 0) is 0 Å². The highest BCUT2D eigenvalue weighted by molar-refractivity contribution is 14.0. The largest absolute Gasteiger partial charge is 0.356 e. The summed E-state index contributed by atoms with van der Waals surface area (Å²) in [5, 5.41) is 6.90. The van der Waals surface area contributed by atoms with E-state index in [1.54, 1.807) is 0 Å². The molecule has 1 atom stereocenters. The predicted octanol–water partition coefficient (Wildman–Crippen LogP) is 2.23. The van der Waals surface area contributed by atoms with Gasteiger partial charge in [0.2, 0.25) is 0 Å². The lowest BCUT2D eigenvalue weighted by atomic mass is 10.1. The van der Waals surface area contributed by atoms with Crippen molar-refractivity contribution < 1.29 is 0 Å². The molecule has 5 nitrogen and oxygen atoms in total. The predicted molar refractivity (Wildman–Crippen MR) is 112 cm³/mol. The molecule has 138 valence electrons. The highest BCUT2D eigenvalue weighted by atomic mass is 127. The average molecular weight is 439 g/mol. The van der Waals surface area contributed by atoms with Crippen LogP contribution in [0.1, 0.15) is 40.5 Å². The zero-order chi connectivity index (χ0) is 16.5. The van der Waals surface area contributed by atoms with Crippen LogP contribution >= 0.6 is 24.0 Å². The van der Waals surface area contributed by atoms with E-state index in [4.69, 9.17) is 0 Å². The highest BCUT2D eigenvalue weighted by Crippen LogP contribution is 2.12. The number of rotatable bonds is 8. The highest BCUT2D eigenvalue weighted by Gasteiger charge is 2.19. The molecule has 2 N–H and O–H groups in total. The van der Waals surface area contributed by atoms with Gasteiger partial charge < -0.3 is 15.5 Å². The van der Waals surface area contributed by atoms with Crippen molar-refractivity contribution in [3.63, 3.8) is 0 Å². The van der Waals surface area contributed by atoms with Crippen molar-refractivity contribution in [1.29, 1.82) is 0 Å². The Bertz CT molecular complexity index is 325. The molecule has 0 radical (unpaired) electrons. The molecule has 0 saturated carbocycles. The maximum Gasteiger partial charge on any atom is 0.190 e. The van der Waals surface area contributed by atoms with Crippen LogP contribution < -0.4 is 10.6 Å². The van der Waals surface area contributed by atoms with Gasteiger partial charge in [-0.3, -0.25) is 9.89 Å². The zero-order valence-corrected chi connectivity index (χ0v) is 18.3. The van der Waals surface area contributed by atoms with Gasteiger partial charge in [0.25, 0.3) is 0 Å². The SMILES string of the molecule is CN=C(NCCCN(C(C)C)C(C)C)NCC1CCN(C)C1.I. The molecule has 1 saturated heterocycles. The van der Waals surface area contributed by atoms with Gasteiger partial charge in [-0.1, -0.05) is 0 Å². The number of hydrogen-bond donors (Lipinski definition) is 2. The van der Waals surface area contributed by atoms with Crippen LogP contribution in [0, 0.1) is 5.92 Å². The van der Waals surface area contributed by atoms with Crippen molar-refractivity contribution in [1.82, 2.24) is 20.4 Å². The molecule has 1 aliphatic rings. The second-order valence-corrected chi connectivity index (χ2v) is 7.08. The summed E-state index contributed by atoms with van der Waals surface area (Å²) < 4.78 is 0. The van der Waals surface area contributed by atoms with Crippen LogP contribution in [0.25, 0.3) is 0 Å². The maximum absolute atomic E-state index is 4.32. The normalized spacial score (nSPS) is 19.5. The third kappa shape index (κ3) is 9.10. The number of nitrogens with zero attached hydrogens (tertiary/aromatic N) is 3. The fourth-order valence-electron chi connectivity index (χ4n) is 3.24. The van der Waals surface area contributed by atoms with E-state index in [9.17, 15) is 0 Å². The molecule has 1 unspecified atom stereocenters. The Morgan fingerprint density at radius 2 is 1.87 bits per heavy atom. The summed E-state index contributed by atoms with van der Waals surface area (Å²) in [6.45, 7) is 14.6. The summed E-state index contributed by atoms with van der Waals surface area (Å²) in [5.74, 6) is 1.69. The summed E-state index contributed by atoms with van der Waals surface area (Å²) in [6, 6.07) is 1.22. The summed E-state index contributed by atoms with van der Waals surface area (Å²) in [5.41, 5.74) is 0. The first kappa shape index (κ1) is 22.9. The van der Waals surface area contributed by atoms with E-state index < -0.39 is 0 Å². The zero-order valence-electron chi connectivity index (χ0n) is 15.9. The quantitative estimate of drug-likeness (QED) is 0.264. The first-order valence-corrected chi connectivity index (χ1v) is 8.82. The fraction of sp³-hybridized carbons (Fsp3) is 0.941. The van der Waals surface area contributed by atoms with E-state index in [0.29, 0.717) is 12.1 Å². The molecular weight excluding hydrogens is 401 g/mol. The second kappa shape index (κ2) is 12.3. The molecule has 0 aromatic heterocycles. The Hall–Kier alpha value is -0.0800. The summed E-state index contributed by atoms with van der Waals surface area (Å²) in [6.07, 6.45) is 2.43. The molecule has 1 aliphatic heterocycles. The lowest BCUT2D eigenvalue weighted by molar-refractivity contribution is 0.173. The Balaban J connectivity index is 0.00000484. The lowest BCUT2D eigenvalue weighted by Gasteiger charge is -2.30. The third-order valence-electron chi connectivity index (χ3n) is 4.48. The van der Waals surface area contributed by atoms with E-state index in [1.165, 1.54) is 19.5 Å². The van der Waals surface area contributed by atoms with Gasteiger partial charge in [-0.2, -0.15) is 0 Å². The Labute approximate surface area is 160 Å². The van der Waals surface area contributed by atoms with Crippen LogP contribution in [0.3, 0.4) is 0 Å². The van der Waals surface area contributed by atoms with Crippen molar-refractivity contribution in [3.8, 4) is 0 Å². The first-order chi connectivity index (χ1) is 10.4. The van der Waals surface area contributed by atoms with Gasteiger partial charge >= 0.3 is 0 Å². The standard InChI is InChI=1S/C17H37N5.HI/c1-14(2)22(15(3)4)10-7-9-19-17(18-5)20-12-16-8-11-21(6)13-16;/h14-16H,7-13H2,1-6H3,(H2,18,19,20);1H. The molecular formula is C17H38IN5. The summed E-state index contributed by atoms with van der Waals surface area (Å²) in [7, 11) is 4.05. The summed E-state index contributed by atoms with van der Waals surface area (Å²) in [4.78, 5) is 9.25. The third-order valence-corrected chi connectivity index (χ3v) is 4.48. The number of halogens is 1. The number of aliphatic imine (C=N–C) groups is 1. The van der Waals surface area contributed by atoms with E-state index in [-0.39, 0.29) is 24.0 Å². The molecule has 0 bridgehead atoms. The minimum Gasteiger partial charge on any atom is -0.356 e. The molecule has 0 amide bonds. The molecule has 23 heavy (non-hydrogen) atoms. The average Bonchev–Trinajstić information content (AvgIpc) is 2.86. The van der Waals surface area contributed by atoms with Crippen molar-refractivity contribution in [2.45, 2.75) is 52.6 Å². The Morgan fingerprint density at radius 3 is 2.35 bits per heavy atom. The number of guanidine groups is 1. The number of nitrogens with one attached hydrogen (secondary N) is 2. The van der Waals surface area contributed by atoms with E-state index in [0.717, 1.165) is 37.9 Å². The summed E-state index contributed by atoms with van der Waals surface area (Å²) >= 11 is 0. The van der Waals surface area contributed by atoms with Crippen LogP contribution in [0.5, 0.6) is 0 Å². The van der Waals surface area contributed by atoms with E-state index in [1.807, 2.05) is 7.05 Å². The molecule has 0 spiro atoms. The van der Waals surface area contributed by atoms with Crippen LogP contribution in [0.2, 0.25) is 0 Å². The molecule has 0 aliphatic carbocycles. The van der Waals surface area contributed by atoms with E-state index >= 15 is 0 Å². The van der Waals surface area contributed by atoms with Gasteiger partial charge in [-0.15, -0.1) is 24.0 Å². The minimum atomic E-state index is 0. The van der Waals surface area contributed by atoms with Gasteiger partial charge in [0.15, 0.2) is 5.96 Å². The molecule has 1 heterocycles. The van der Waals surface area contributed by atoms with E-state index in [2.05, 4.69) is 60.2 Å². The van der Waals surface area contributed by atoms with Crippen LogP contribution in [0.4, 0.5) is 0 Å². The first-order valence-electron chi connectivity index (χ1n) is 8.82. The topological polar surface area (TPSA) is 42.9 Å². The van der Waals surface area contributed by atoms with Gasteiger partial charge in [0.05, 0.1) is 0 Å².